The van der Waals surface area contributed by atoms with Crippen LogP contribution >= 0.6 is 0 Å². The van der Waals surface area contributed by atoms with Gasteiger partial charge in [-0.2, -0.15) is 0 Å². The number of nitrogens with zero attached hydrogens (tertiary/aromatic N) is 4. The van der Waals surface area contributed by atoms with E-state index in [0.717, 1.165) is 22.4 Å². The average Bonchev–Trinajstić information content (AvgIpc) is 3.10. The van der Waals surface area contributed by atoms with E-state index < -0.39 is 6.04 Å². The summed E-state index contributed by atoms with van der Waals surface area (Å²) in [5, 5.41) is 14.2. The predicted octanol–water partition coefficient (Wildman–Crippen LogP) is 2.71. The van der Waals surface area contributed by atoms with Gasteiger partial charge in [-0.1, -0.05) is 48.0 Å². The predicted molar refractivity (Wildman–Crippen MR) is 91.5 cm³/mol. The third-order valence-corrected chi connectivity index (χ3v) is 3.90. The highest BCUT2D eigenvalue weighted by Gasteiger charge is 2.22. The van der Waals surface area contributed by atoms with Gasteiger partial charge in [0.25, 0.3) is 0 Å². The minimum atomic E-state index is -0.511. The Kier molecular flexibility index (Phi) is 4.65. The van der Waals surface area contributed by atoms with Gasteiger partial charge in [0, 0.05) is 12.1 Å². The van der Waals surface area contributed by atoms with Crippen molar-refractivity contribution in [2.24, 2.45) is 0 Å². The number of aryl methyl sites for hydroxylation is 2. The lowest BCUT2D eigenvalue weighted by Gasteiger charge is -2.17. The van der Waals surface area contributed by atoms with Crippen molar-refractivity contribution in [2.75, 3.05) is 5.32 Å². The molecule has 0 saturated heterocycles. The Morgan fingerprint density at radius 3 is 2.62 bits per heavy atom. The minimum absolute atomic E-state index is 0.141. The molecule has 0 aliphatic rings. The molecule has 1 aromatic heterocycles. The van der Waals surface area contributed by atoms with Gasteiger partial charge >= 0.3 is 0 Å². The van der Waals surface area contributed by atoms with Gasteiger partial charge in [0.15, 0.2) is 0 Å². The Hall–Kier alpha value is -3.02. The topological polar surface area (TPSA) is 72.7 Å². The first kappa shape index (κ1) is 15.9. The molecule has 1 heterocycles. The zero-order chi connectivity index (χ0) is 16.9. The van der Waals surface area contributed by atoms with Crippen LogP contribution in [-0.2, 0) is 11.2 Å². The van der Waals surface area contributed by atoms with Gasteiger partial charge in [0.05, 0.1) is 0 Å². The van der Waals surface area contributed by atoms with Gasteiger partial charge in [-0.3, -0.25) is 4.79 Å². The number of hydrogen-bond acceptors (Lipinski definition) is 4. The molecule has 0 spiro atoms. The van der Waals surface area contributed by atoms with Crippen LogP contribution in [0.3, 0.4) is 0 Å². The summed E-state index contributed by atoms with van der Waals surface area (Å²) in [7, 11) is 0. The number of hydrogen-bond donors (Lipinski definition) is 1. The largest absolute Gasteiger partial charge is 0.324 e. The Labute approximate surface area is 140 Å². The van der Waals surface area contributed by atoms with Crippen LogP contribution < -0.4 is 5.32 Å². The molecule has 2 aromatic carbocycles. The van der Waals surface area contributed by atoms with Crippen molar-refractivity contribution >= 4 is 11.6 Å². The second kappa shape index (κ2) is 7.04. The zero-order valence-electron chi connectivity index (χ0n) is 13.7. The van der Waals surface area contributed by atoms with Gasteiger partial charge in [-0.25, -0.2) is 4.68 Å². The van der Waals surface area contributed by atoms with Crippen molar-refractivity contribution < 1.29 is 4.79 Å². The summed E-state index contributed by atoms with van der Waals surface area (Å²) in [6.07, 6.45) is 1.98. The molecule has 122 valence electrons. The SMILES string of the molecule is Cc1ccc(NC(=O)C(Cc2ccccc2)n2cnnn2)c(C)c1. The third kappa shape index (κ3) is 3.65. The van der Waals surface area contributed by atoms with Crippen LogP contribution in [0.15, 0.2) is 54.9 Å². The van der Waals surface area contributed by atoms with Crippen LogP contribution in [0.2, 0.25) is 0 Å². The minimum Gasteiger partial charge on any atom is -0.324 e. The summed E-state index contributed by atoms with van der Waals surface area (Å²) >= 11 is 0. The third-order valence-electron chi connectivity index (χ3n) is 3.90. The van der Waals surface area contributed by atoms with Crippen LogP contribution in [0.1, 0.15) is 22.7 Å². The smallest absolute Gasteiger partial charge is 0.249 e. The summed E-state index contributed by atoms with van der Waals surface area (Å²) < 4.78 is 1.49. The van der Waals surface area contributed by atoms with Gasteiger partial charge in [0.1, 0.15) is 12.4 Å². The highest BCUT2D eigenvalue weighted by molar-refractivity contribution is 5.94. The van der Waals surface area contributed by atoms with Crippen LogP contribution in [0.4, 0.5) is 5.69 Å². The maximum Gasteiger partial charge on any atom is 0.249 e. The Morgan fingerprint density at radius 1 is 1.17 bits per heavy atom. The van der Waals surface area contributed by atoms with Crippen molar-refractivity contribution in [3.05, 3.63) is 71.5 Å². The van der Waals surface area contributed by atoms with E-state index in [1.807, 2.05) is 62.4 Å². The van der Waals surface area contributed by atoms with Crippen molar-refractivity contribution in [3.63, 3.8) is 0 Å². The molecule has 1 unspecified atom stereocenters. The molecular formula is C18H19N5O. The molecule has 3 rings (SSSR count). The number of amides is 1. The highest BCUT2D eigenvalue weighted by Crippen LogP contribution is 2.20. The van der Waals surface area contributed by atoms with Gasteiger partial charge in [-0.05, 0) is 41.5 Å². The first-order valence-electron chi connectivity index (χ1n) is 7.78. The fraction of sp³-hybridized carbons (Fsp3) is 0.222. The molecule has 1 atom stereocenters. The summed E-state index contributed by atoms with van der Waals surface area (Å²) in [6, 6.07) is 15.3. The van der Waals surface area contributed by atoms with Gasteiger partial charge in [-0.15, -0.1) is 5.10 Å². The van der Waals surface area contributed by atoms with Crippen LogP contribution in [0.25, 0.3) is 0 Å². The van der Waals surface area contributed by atoms with E-state index in [9.17, 15) is 4.79 Å². The van der Waals surface area contributed by atoms with E-state index in [0.29, 0.717) is 6.42 Å². The first-order valence-corrected chi connectivity index (χ1v) is 7.78. The molecule has 0 bridgehead atoms. The normalized spacial score (nSPS) is 11.9. The number of rotatable bonds is 5. The molecular weight excluding hydrogens is 302 g/mol. The molecule has 1 amide bonds. The first-order chi connectivity index (χ1) is 11.6. The lowest BCUT2D eigenvalue weighted by Crippen LogP contribution is -2.28. The molecule has 6 nitrogen and oxygen atoms in total. The lowest BCUT2D eigenvalue weighted by atomic mass is 10.0. The zero-order valence-corrected chi connectivity index (χ0v) is 13.7. The number of anilines is 1. The Morgan fingerprint density at radius 2 is 1.96 bits per heavy atom. The Balaban J connectivity index is 1.83. The van der Waals surface area contributed by atoms with E-state index in [1.54, 1.807) is 0 Å². The number of carbonyl (C=O) groups is 1. The van der Waals surface area contributed by atoms with E-state index in [4.69, 9.17) is 0 Å². The summed E-state index contributed by atoms with van der Waals surface area (Å²) in [4.78, 5) is 12.8. The number of aromatic nitrogens is 4. The van der Waals surface area contributed by atoms with Crippen molar-refractivity contribution in [2.45, 2.75) is 26.3 Å². The molecule has 6 heteroatoms. The average molecular weight is 321 g/mol. The number of nitrogens with one attached hydrogen (secondary N) is 1. The number of tetrazole rings is 1. The van der Waals surface area contributed by atoms with Crippen molar-refractivity contribution in [1.82, 2.24) is 20.2 Å². The molecule has 0 aliphatic carbocycles. The van der Waals surface area contributed by atoms with Crippen LogP contribution in [-0.4, -0.2) is 26.1 Å². The number of carbonyl (C=O) groups excluding carboxylic acids is 1. The summed E-state index contributed by atoms with van der Waals surface area (Å²) in [5.41, 5.74) is 4.04. The van der Waals surface area contributed by atoms with E-state index in [2.05, 4.69) is 20.8 Å². The van der Waals surface area contributed by atoms with E-state index in [1.165, 1.54) is 11.0 Å². The van der Waals surface area contributed by atoms with Gasteiger partial charge < -0.3 is 5.32 Å². The van der Waals surface area contributed by atoms with Gasteiger partial charge in [0.2, 0.25) is 5.91 Å². The molecule has 0 fully saturated rings. The van der Waals surface area contributed by atoms with E-state index >= 15 is 0 Å². The number of benzene rings is 2. The molecule has 0 saturated carbocycles. The maximum atomic E-state index is 12.8. The summed E-state index contributed by atoms with van der Waals surface area (Å²) in [6.45, 7) is 4.00. The molecule has 24 heavy (non-hydrogen) atoms. The fourth-order valence-corrected chi connectivity index (χ4v) is 2.62. The quantitative estimate of drug-likeness (QED) is 0.784. The lowest BCUT2D eigenvalue weighted by molar-refractivity contribution is -0.119. The fourth-order valence-electron chi connectivity index (χ4n) is 2.62. The van der Waals surface area contributed by atoms with Crippen LogP contribution in [0, 0.1) is 13.8 Å². The molecule has 1 N–H and O–H groups in total. The molecule has 0 aliphatic heterocycles. The summed E-state index contributed by atoms with van der Waals surface area (Å²) in [5.74, 6) is -0.141. The standard InChI is InChI=1S/C18H19N5O/c1-13-8-9-16(14(2)10-13)20-18(24)17(23-12-19-21-22-23)11-15-6-4-3-5-7-15/h3-10,12,17H,11H2,1-2H3,(H,20,24). The highest BCUT2D eigenvalue weighted by atomic mass is 16.2. The second-order valence-electron chi connectivity index (χ2n) is 5.80. The van der Waals surface area contributed by atoms with Crippen LogP contribution in [0.5, 0.6) is 0 Å². The second-order valence-corrected chi connectivity index (χ2v) is 5.80. The Bertz CT molecular complexity index is 815. The monoisotopic (exact) mass is 321 g/mol. The molecule has 3 aromatic rings. The maximum absolute atomic E-state index is 12.8. The van der Waals surface area contributed by atoms with Crippen molar-refractivity contribution in [1.29, 1.82) is 0 Å². The molecule has 0 radical (unpaired) electrons. The van der Waals surface area contributed by atoms with E-state index in [-0.39, 0.29) is 5.91 Å². The van der Waals surface area contributed by atoms with Crippen molar-refractivity contribution in [3.8, 4) is 0 Å².